The van der Waals surface area contributed by atoms with Gasteiger partial charge in [-0.25, -0.2) is 4.79 Å². The lowest BCUT2D eigenvalue weighted by atomic mass is 9.92. The molecule has 1 amide bonds. The van der Waals surface area contributed by atoms with Gasteiger partial charge < -0.3 is 10.4 Å². The summed E-state index contributed by atoms with van der Waals surface area (Å²) in [6.07, 6.45) is 4.63. The standard InChI is InChI=1S/C17H25NO3/c1-3-5-9-13(4-2)12-15(17(20)21)18-16(19)14-10-7-6-8-11-14/h6-8,10-11,13,15H,3-5,9,12H2,1-2H3,(H,18,19)(H,20,21). The van der Waals surface area contributed by atoms with Crippen molar-refractivity contribution in [2.24, 2.45) is 5.92 Å². The zero-order valence-electron chi connectivity index (χ0n) is 12.8. The maximum absolute atomic E-state index is 12.1. The van der Waals surface area contributed by atoms with Crippen molar-refractivity contribution in [3.8, 4) is 0 Å². The van der Waals surface area contributed by atoms with Gasteiger partial charge in [0.05, 0.1) is 0 Å². The van der Waals surface area contributed by atoms with Crippen molar-refractivity contribution >= 4 is 11.9 Å². The monoisotopic (exact) mass is 291 g/mol. The van der Waals surface area contributed by atoms with Gasteiger partial charge in [0.15, 0.2) is 0 Å². The molecule has 0 saturated heterocycles. The molecule has 0 bridgehead atoms. The molecular formula is C17H25NO3. The molecule has 2 N–H and O–H groups in total. The van der Waals surface area contributed by atoms with Crippen molar-refractivity contribution in [1.82, 2.24) is 5.32 Å². The van der Waals surface area contributed by atoms with Gasteiger partial charge in [0.25, 0.3) is 5.91 Å². The molecule has 0 fully saturated rings. The van der Waals surface area contributed by atoms with Gasteiger partial charge in [0.2, 0.25) is 0 Å². The van der Waals surface area contributed by atoms with Crippen LogP contribution in [0.2, 0.25) is 0 Å². The van der Waals surface area contributed by atoms with Crippen LogP contribution in [0.25, 0.3) is 0 Å². The third-order valence-corrected chi connectivity index (χ3v) is 3.75. The summed E-state index contributed by atoms with van der Waals surface area (Å²) >= 11 is 0. The number of nitrogens with one attached hydrogen (secondary N) is 1. The fraction of sp³-hybridized carbons (Fsp3) is 0.529. The van der Waals surface area contributed by atoms with E-state index in [0.717, 1.165) is 25.7 Å². The molecule has 0 aromatic heterocycles. The van der Waals surface area contributed by atoms with Crippen LogP contribution in [0.4, 0.5) is 0 Å². The number of hydrogen-bond donors (Lipinski definition) is 2. The highest BCUT2D eigenvalue weighted by molar-refractivity contribution is 5.96. The van der Waals surface area contributed by atoms with E-state index >= 15 is 0 Å². The molecule has 2 unspecified atom stereocenters. The second kappa shape index (κ2) is 9.16. The molecule has 1 aromatic rings. The van der Waals surface area contributed by atoms with Gasteiger partial charge in [0, 0.05) is 5.56 Å². The van der Waals surface area contributed by atoms with E-state index in [2.05, 4.69) is 19.2 Å². The molecule has 2 atom stereocenters. The Morgan fingerprint density at radius 2 is 1.86 bits per heavy atom. The van der Waals surface area contributed by atoms with Crippen molar-refractivity contribution in [3.63, 3.8) is 0 Å². The molecule has 116 valence electrons. The Bertz CT molecular complexity index is 445. The van der Waals surface area contributed by atoms with Crippen LogP contribution in [0.5, 0.6) is 0 Å². The molecule has 0 heterocycles. The first-order valence-electron chi connectivity index (χ1n) is 7.67. The molecule has 4 nitrogen and oxygen atoms in total. The number of carboxylic acids is 1. The predicted molar refractivity (Wildman–Crippen MR) is 83.3 cm³/mol. The van der Waals surface area contributed by atoms with Crippen LogP contribution in [0, 0.1) is 5.92 Å². The van der Waals surface area contributed by atoms with E-state index in [-0.39, 0.29) is 5.91 Å². The smallest absolute Gasteiger partial charge is 0.326 e. The first kappa shape index (κ1) is 17.2. The molecule has 21 heavy (non-hydrogen) atoms. The summed E-state index contributed by atoms with van der Waals surface area (Å²) in [5.74, 6) is -0.954. The number of benzene rings is 1. The molecular weight excluding hydrogens is 266 g/mol. The first-order valence-corrected chi connectivity index (χ1v) is 7.67. The topological polar surface area (TPSA) is 66.4 Å². The lowest BCUT2D eigenvalue weighted by Crippen LogP contribution is -2.42. The highest BCUT2D eigenvalue weighted by Gasteiger charge is 2.23. The summed E-state index contributed by atoms with van der Waals surface area (Å²) in [7, 11) is 0. The van der Waals surface area contributed by atoms with E-state index in [4.69, 9.17) is 0 Å². The number of carbonyl (C=O) groups is 2. The number of hydrogen-bond acceptors (Lipinski definition) is 2. The Balaban J connectivity index is 2.65. The van der Waals surface area contributed by atoms with Crippen LogP contribution >= 0.6 is 0 Å². The van der Waals surface area contributed by atoms with Crippen molar-refractivity contribution < 1.29 is 14.7 Å². The number of amides is 1. The van der Waals surface area contributed by atoms with E-state index in [9.17, 15) is 14.7 Å². The molecule has 1 rings (SSSR count). The summed E-state index contributed by atoms with van der Waals surface area (Å²) < 4.78 is 0. The van der Waals surface area contributed by atoms with Crippen LogP contribution < -0.4 is 5.32 Å². The fourth-order valence-corrected chi connectivity index (χ4v) is 2.37. The zero-order chi connectivity index (χ0) is 15.7. The maximum Gasteiger partial charge on any atom is 0.326 e. The van der Waals surface area contributed by atoms with Gasteiger partial charge in [-0.15, -0.1) is 0 Å². The molecule has 0 aliphatic heterocycles. The second-order valence-corrected chi connectivity index (χ2v) is 5.38. The van der Waals surface area contributed by atoms with Gasteiger partial charge >= 0.3 is 5.97 Å². The molecule has 0 radical (unpaired) electrons. The molecule has 1 aromatic carbocycles. The van der Waals surface area contributed by atoms with Gasteiger partial charge in [0.1, 0.15) is 6.04 Å². The zero-order valence-corrected chi connectivity index (χ0v) is 12.8. The molecule has 4 heteroatoms. The minimum Gasteiger partial charge on any atom is -0.480 e. The van der Waals surface area contributed by atoms with E-state index in [1.165, 1.54) is 0 Å². The van der Waals surface area contributed by atoms with Gasteiger partial charge in [-0.1, -0.05) is 57.7 Å². The minimum atomic E-state index is -0.964. The Morgan fingerprint density at radius 3 is 2.38 bits per heavy atom. The fourth-order valence-electron chi connectivity index (χ4n) is 2.37. The van der Waals surface area contributed by atoms with Crippen LogP contribution in [0.15, 0.2) is 30.3 Å². The Hall–Kier alpha value is -1.84. The average Bonchev–Trinajstić information content (AvgIpc) is 2.50. The normalized spacial score (nSPS) is 13.4. The van der Waals surface area contributed by atoms with Crippen molar-refractivity contribution in [3.05, 3.63) is 35.9 Å². The van der Waals surface area contributed by atoms with Gasteiger partial charge in [-0.05, 0) is 24.5 Å². The summed E-state index contributed by atoms with van der Waals surface area (Å²) in [5, 5.41) is 12.0. The van der Waals surface area contributed by atoms with E-state index in [1.807, 2.05) is 6.07 Å². The Kier molecular flexibility index (Phi) is 7.51. The summed E-state index contributed by atoms with van der Waals surface area (Å²) in [5.41, 5.74) is 0.491. The highest BCUT2D eigenvalue weighted by atomic mass is 16.4. The lowest BCUT2D eigenvalue weighted by Gasteiger charge is -2.20. The second-order valence-electron chi connectivity index (χ2n) is 5.38. The molecule has 0 aliphatic rings. The molecule has 0 spiro atoms. The lowest BCUT2D eigenvalue weighted by molar-refractivity contribution is -0.139. The highest BCUT2D eigenvalue weighted by Crippen LogP contribution is 2.19. The largest absolute Gasteiger partial charge is 0.480 e. The molecule has 0 aliphatic carbocycles. The number of aliphatic carboxylic acids is 1. The summed E-state index contributed by atoms with van der Waals surface area (Å²) in [6, 6.07) is 7.90. The number of carboxylic acid groups (broad SMARTS) is 1. The number of unbranched alkanes of at least 4 members (excludes halogenated alkanes) is 1. The summed E-state index contributed by atoms with van der Waals surface area (Å²) in [6.45, 7) is 4.19. The van der Waals surface area contributed by atoms with Crippen LogP contribution in [-0.4, -0.2) is 23.0 Å². The van der Waals surface area contributed by atoms with Crippen molar-refractivity contribution in [1.29, 1.82) is 0 Å². The predicted octanol–water partition coefficient (Wildman–Crippen LogP) is 3.48. The van der Waals surface area contributed by atoms with Crippen molar-refractivity contribution in [2.45, 2.75) is 52.0 Å². The van der Waals surface area contributed by atoms with E-state index in [0.29, 0.717) is 17.9 Å². The van der Waals surface area contributed by atoms with Crippen LogP contribution in [-0.2, 0) is 4.79 Å². The number of carbonyl (C=O) groups excluding carboxylic acids is 1. The quantitative estimate of drug-likeness (QED) is 0.732. The van der Waals surface area contributed by atoms with E-state index < -0.39 is 12.0 Å². The minimum absolute atomic E-state index is 0.326. The summed E-state index contributed by atoms with van der Waals surface area (Å²) in [4.78, 5) is 23.4. The number of rotatable bonds is 9. The third-order valence-electron chi connectivity index (χ3n) is 3.75. The van der Waals surface area contributed by atoms with Crippen LogP contribution in [0.3, 0.4) is 0 Å². The van der Waals surface area contributed by atoms with Gasteiger partial charge in [-0.2, -0.15) is 0 Å². The first-order chi connectivity index (χ1) is 10.1. The van der Waals surface area contributed by atoms with Crippen LogP contribution in [0.1, 0.15) is 56.3 Å². The maximum atomic E-state index is 12.1. The van der Waals surface area contributed by atoms with Crippen molar-refractivity contribution in [2.75, 3.05) is 0 Å². The third kappa shape index (κ3) is 5.98. The van der Waals surface area contributed by atoms with Gasteiger partial charge in [-0.3, -0.25) is 4.79 Å². The average molecular weight is 291 g/mol. The SMILES string of the molecule is CCCCC(CC)CC(NC(=O)c1ccccc1)C(=O)O. The Morgan fingerprint density at radius 1 is 1.19 bits per heavy atom. The molecule has 0 saturated carbocycles. The van der Waals surface area contributed by atoms with E-state index in [1.54, 1.807) is 24.3 Å². The Labute approximate surface area is 126 Å².